The quantitative estimate of drug-likeness (QED) is 0.904. The van der Waals surface area contributed by atoms with E-state index in [0.29, 0.717) is 29.7 Å². The van der Waals surface area contributed by atoms with Crippen molar-refractivity contribution in [1.82, 2.24) is 4.90 Å². The average Bonchev–Trinajstić information content (AvgIpc) is 2.49. The minimum absolute atomic E-state index is 0.118. The van der Waals surface area contributed by atoms with Crippen LogP contribution in [-0.2, 0) is 11.3 Å². The van der Waals surface area contributed by atoms with E-state index in [1.165, 1.54) is 0 Å². The third kappa shape index (κ3) is 3.94. The fraction of sp³-hybridized carbons (Fsp3) is 0.533. The molecule has 1 fully saturated rings. The van der Waals surface area contributed by atoms with Gasteiger partial charge in [-0.15, -0.1) is 0 Å². The Morgan fingerprint density at radius 3 is 2.80 bits per heavy atom. The van der Waals surface area contributed by atoms with Crippen LogP contribution in [0.5, 0.6) is 0 Å². The van der Waals surface area contributed by atoms with E-state index in [0.717, 1.165) is 31.6 Å². The van der Waals surface area contributed by atoms with Crippen molar-refractivity contribution in [2.45, 2.75) is 25.4 Å². The Morgan fingerprint density at radius 2 is 2.15 bits per heavy atom. The number of nitrogens with zero attached hydrogens (tertiary/aromatic N) is 2. The molecule has 0 aromatic heterocycles. The molecule has 20 heavy (non-hydrogen) atoms. The van der Waals surface area contributed by atoms with Crippen LogP contribution >= 0.6 is 11.6 Å². The molecule has 1 aromatic rings. The van der Waals surface area contributed by atoms with Crippen molar-refractivity contribution >= 4 is 11.6 Å². The summed E-state index contributed by atoms with van der Waals surface area (Å²) in [5, 5.41) is 19.0. The molecule has 1 saturated heterocycles. The largest absolute Gasteiger partial charge is 0.395 e. The van der Waals surface area contributed by atoms with Crippen molar-refractivity contribution in [3.05, 3.63) is 34.3 Å². The molecule has 2 rings (SSSR count). The maximum absolute atomic E-state index is 9.26. The summed E-state index contributed by atoms with van der Waals surface area (Å²) in [6.45, 7) is 2.91. The zero-order valence-electron chi connectivity index (χ0n) is 11.4. The van der Waals surface area contributed by atoms with Gasteiger partial charge in [0.05, 0.1) is 18.2 Å². The van der Waals surface area contributed by atoms with Crippen molar-refractivity contribution < 1.29 is 9.84 Å². The zero-order chi connectivity index (χ0) is 14.4. The third-order valence-electron chi connectivity index (χ3n) is 3.66. The molecule has 0 radical (unpaired) electrons. The summed E-state index contributed by atoms with van der Waals surface area (Å²) >= 11 is 5.92. The first-order chi connectivity index (χ1) is 9.74. The van der Waals surface area contributed by atoms with Crippen LogP contribution in [0.2, 0.25) is 5.02 Å². The van der Waals surface area contributed by atoms with E-state index in [9.17, 15) is 10.4 Å². The number of halogens is 1. The summed E-state index contributed by atoms with van der Waals surface area (Å²) < 4.78 is 5.38. The molecule has 108 valence electrons. The number of hydrogen-bond acceptors (Lipinski definition) is 4. The van der Waals surface area contributed by atoms with Crippen LogP contribution in [0.15, 0.2) is 18.2 Å². The molecule has 0 atom stereocenters. The molecule has 1 aliphatic heterocycles. The highest BCUT2D eigenvalue weighted by molar-refractivity contribution is 6.30. The highest BCUT2D eigenvalue weighted by atomic mass is 35.5. The third-order valence-corrected chi connectivity index (χ3v) is 3.90. The summed E-state index contributed by atoms with van der Waals surface area (Å²) in [7, 11) is 0. The molecule has 0 amide bonds. The summed E-state index contributed by atoms with van der Waals surface area (Å²) in [6.07, 6.45) is 1.94. The highest BCUT2D eigenvalue weighted by Gasteiger charge is 2.22. The van der Waals surface area contributed by atoms with Crippen molar-refractivity contribution in [3.8, 4) is 6.07 Å². The topological polar surface area (TPSA) is 56.5 Å². The van der Waals surface area contributed by atoms with Crippen LogP contribution in [0.4, 0.5) is 0 Å². The van der Waals surface area contributed by atoms with Crippen LogP contribution in [-0.4, -0.2) is 42.4 Å². The Labute approximate surface area is 124 Å². The SMILES string of the molecule is N#Cc1cc(Cl)ccc1CN(CCO)C1CCOCC1. The monoisotopic (exact) mass is 294 g/mol. The minimum Gasteiger partial charge on any atom is -0.395 e. The molecule has 0 unspecified atom stereocenters. The molecule has 1 aromatic carbocycles. The Bertz CT molecular complexity index is 481. The number of aliphatic hydroxyl groups excluding tert-OH is 1. The van der Waals surface area contributed by atoms with Crippen molar-refractivity contribution in [2.75, 3.05) is 26.4 Å². The summed E-state index contributed by atoms with van der Waals surface area (Å²) in [4.78, 5) is 2.23. The van der Waals surface area contributed by atoms with E-state index >= 15 is 0 Å². The van der Waals surface area contributed by atoms with Crippen LogP contribution in [0.1, 0.15) is 24.0 Å². The molecule has 0 saturated carbocycles. The Balaban J connectivity index is 2.13. The van der Waals surface area contributed by atoms with Crippen LogP contribution in [0.25, 0.3) is 0 Å². The van der Waals surface area contributed by atoms with E-state index in [-0.39, 0.29) is 6.61 Å². The molecule has 0 bridgehead atoms. The van der Waals surface area contributed by atoms with Crippen LogP contribution < -0.4 is 0 Å². The first-order valence-corrected chi connectivity index (χ1v) is 7.23. The van der Waals surface area contributed by atoms with Gasteiger partial charge in [0, 0.05) is 37.4 Å². The Kier molecular flexibility index (Phi) is 5.81. The van der Waals surface area contributed by atoms with Gasteiger partial charge in [0.25, 0.3) is 0 Å². The first-order valence-electron chi connectivity index (χ1n) is 6.85. The van der Waals surface area contributed by atoms with Crippen molar-refractivity contribution in [2.24, 2.45) is 0 Å². The van der Waals surface area contributed by atoms with E-state index in [1.807, 2.05) is 6.07 Å². The number of benzene rings is 1. The molecule has 1 aliphatic rings. The molecule has 0 aliphatic carbocycles. The maximum Gasteiger partial charge on any atom is 0.0995 e. The van der Waals surface area contributed by atoms with Gasteiger partial charge in [-0.2, -0.15) is 5.26 Å². The molecule has 1 heterocycles. The fourth-order valence-corrected chi connectivity index (χ4v) is 2.75. The summed E-state index contributed by atoms with van der Waals surface area (Å²) in [5.41, 5.74) is 1.56. The van der Waals surface area contributed by atoms with E-state index in [1.54, 1.807) is 12.1 Å². The lowest BCUT2D eigenvalue weighted by atomic mass is 10.0. The second-order valence-corrected chi connectivity index (χ2v) is 5.39. The number of nitriles is 1. The summed E-state index contributed by atoms with van der Waals surface area (Å²) in [5.74, 6) is 0. The number of hydrogen-bond donors (Lipinski definition) is 1. The molecule has 1 N–H and O–H groups in total. The first kappa shape index (κ1) is 15.3. The number of ether oxygens (including phenoxy) is 1. The fourth-order valence-electron chi connectivity index (χ4n) is 2.58. The Hall–Kier alpha value is -1.12. The lowest BCUT2D eigenvalue weighted by molar-refractivity contribution is 0.0248. The molecular weight excluding hydrogens is 276 g/mol. The lowest BCUT2D eigenvalue weighted by Crippen LogP contribution is -2.40. The van der Waals surface area contributed by atoms with Gasteiger partial charge in [-0.25, -0.2) is 0 Å². The molecule has 0 spiro atoms. The van der Waals surface area contributed by atoms with Gasteiger partial charge >= 0.3 is 0 Å². The standard InChI is InChI=1S/C15H19ClN2O2/c16-14-2-1-12(13(9-14)10-17)11-18(5-6-19)15-3-7-20-8-4-15/h1-2,9,15,19H,3-8,11H2. The summed E-state index contributed by atoms with van der Waals surface area (Å²) in [6, 6.07) is 7.98. The number of aliphatic hydroxyl groups is 1. The van der Waals surface area contributed by atoms with Crippen molar-refractivity contribution in [3.63, 3.8) is 0 Å². The van der Waals surface area contributed by atoms with Gasteiger partial charge in [0.15, 0.2) is 0 Å². The average molecular weight is 295 g/mol. The van der Waals surface area contributed by atoms with Crippen LogP contribution in [0, 0.1) is 11.3 Å². The second-order valence-electron chi connectivity index (χ2n) is 4.95. The Morgan fingerprint density at radius 1 is 1.40 bits per heavy atom. The van der Waals surface area contributed by atoms with Gasteiger partial charge in [-0.3, -0.25) is 4.90 Å². The van der Waals surface area contributed by atoms with E-state index in [2.05, 4.69) is 11.0 Å². The maximum atomic E-state index is 9.26. The van der Waals surface area contributed by atoms with E-state index < -0.39 is 0 Å². The van der Waals surface area contributed by atoms with Gasteiger partial charge in [-0.05, 0) is 30.5 Å². The predicted molar refractivity (Wildman–Crippen MR) is 77.5 cm³/mol. The molecule has 4 nitrogen and oxygen atoms in total. The van der Waals surface area contributed by atoms with Gasteiger partial charge in [0.1, 0.15) is 0 Å². The van der Waals surface area contributed by atoms with E-state index in [4.69, 9.17) is 16.3 Å². The lowest BCUT2D eigenvalue weighted by Gasteiger charge is -2.34. The van der Waals surface area contributed by atoms with Crippen LogP contribution in [0.3, 0.4) is 0 Å². The second kappa shape index (κ2) is 7.61. The van der Waals surface area contributed by atoms with Gasteiger partial charge in [-0.1, -0.05) is 17.7 Å². The van der Waals surface area contributed by atoms with Crippen molar-refractivity contribution in [1.29, 1.82) is 5.26 Å². The smallest absolute Gasteiger partial charge is 0.0995 e. The highest BCUT2D eigenvalue weighted by Crippen LogP contribution is 2.21. The van der Waals surface area contributed by atoms with Gasteiger partial charge < -0.3 is 9.84 Å². The normalized spacial score (nSPS) is 16.3. The van der Waals surface area contributed by atoms with Gasteiger partial charge in [0.2, 0.25) is 0 Å². The minimum atomic E-state index is 0.118. The predicted octanol–water partition coefficient (Wildman–Crippen LogP) is 2.18. The zero-order valence-corrected chi connectivity index (χ0v) is 12.1. The number of rotatable bonds is 5. The molecular formula is C15H19ClN2O2. The molecule has 5 heteroatoms.